The lowest BCUT2D eigenvalue weighted by atomic mass is 9.95. The maximum atomic E-state index is 5.24. The smallest absolute Gasteiger partial charge is 0.138 e. The second-order valence-corrected chi connectivity index (χ2v) is 10.6. The predicted octanol–water partition coefficient (Wildman–Crippen LogP) is 9.46. The summed E-state index contributed by atoms with van der Waals surface area (Å²) in [6.07, 6.45) is 6.44. The monoisotopic (exact) mass is 491 g/mol. The van der Waals surface area contributed by atoms with E-state index in [0.717, 1.165) is 17.1 Å². The minimum absolute atomic E-state index is 0.520. The molecule has 0 atom stereocenters. The van der Waals surface area contributed by atoms with Crippen LogP contribution in [0.3, 0.4) is 0 Å². The SMILES string of the molecule is c1ccc(-c2cccc(-n3c4ccccc4c4ccc5c6ccccc6n(C6CCCCC6)c5c43)n2)cc1. The topological polar surface area (TPSA) is 22.8 Å². The summed E-state index contributed by atoms with van der Waals surface area (Å²) in [6, 6.07) is 39.9. The first-order valence-electron chi connectivity index (χ1n) is 13.9. The van der Waals surface area contributed by atoms with Gasteiger partial charge >= 0.3 is 0 Å². The summed E-state index contributed by atoms with van der Waals surface area (Å²) in [4.78, 5) is 5.24. The summed E-state index contributed by atoms with van der Waals surface area (Å²) in [5, 5.41) is 5.25. The van der Waals surface area contributed by atoms with Crippen molar-refractivity contribution in [2.75, 3.05) is 0 Å². The zero-order chi connectivity index (χ0) is 25.1. The van der Waals surface area contributed by atoms with Gasteiger partial charge in [0, 0.05) is 38.7 Å². The molecular weight excluding hydrogens is 462 g/mol. The van der Waals surface area contributed by atoms with E-state index in [2.05, 4.69) is 118 Å². The van der Waals surface area contributed by atoms with Gasteiger partial charge in [-0.2, -0.15) is 0 Å². The van der Waals surface area contributed by atoms with Crippen LogP contribution in [-0.2, 0) is 0 Å². The Morgan fingerprint density at radius 1 is 0.526 bits per heavy atom. The van der Waals surface area contributed by atoms with Gasteiger partial charge in [-0.25, -0.2) is 4.98 Å². The highest BCUT2D eigenvalue weighted by molar-refractivity contribution is 6.23. The Morgan fingerprint density at radius 2 is 1.18 bits per heavy atom. The fourth-order valence-electron chi connectivity index (χ4n) is 6.81. The first kappa shape index (κ1) is 21.7. The lowest BCUT2D eigenvalue weighted by Gasteiger charge is -2.25. The summed E-state index contributed by atoms with van der Waals surface area (Å²) in [5.41, 5.74) is 7.30. The molecule has 7 aromatic rings. The van der Waals surface area contributed by atoms with Gasteiger partial charge in [-0.3, -0.25) is 4.57 Å². The maximum Gasteiger partial charge on any atom is 0.138 e. The number of para-hydroxylation sites is 2. The molecule has 1 fully saturated rings. The Bertz CT molecular complexity index is 1950. The largest absolute Gasteiger partial charge is 0.336 e. The van der Waals surface area contributed by atoms with Gasteiger partial charge in [-0.05, 0) is 37.1 Å². The highest BCUT2D eigenvalue weighted by atomic mass is 15.1. The van der Waals surface area contributed by atoms with E-state index in [1.54, 1.807) is 0 Å². The molecule has 38 heavy (non-hydrogen) atoms. The molecule has 0 unspecified atom stereocenters. The van der Waals surface area contributed by atoms with Crippen LogP contribution in [0.25, 0.3) is 60.7 Å². The summed E-state index contributed by atoms with van der Waals surface area (Å²) in [5.74, 6) is 0.963. The Labute approximate surface area is 222 Å². The standard InChI is InChI=1S/C35H29N3/c1-3-12-24(13-4-1)30-18-11-21-33(36-30)38-32-20-10-8-17-27(32)29-23-22-28-26-16-7-9-19-31(26)37(34(28)35(29)38)25-14-5-2-6-15-25/h1,3-4,7-13,16-23,25H,2,5-6,14-15H2. The lowest BCUT2D eigenvalue weighted by molar-refractivity contribution is 0.367. The number of hydrogen-bond donors (Lipinski definition) is 0. The predicted molar refractivity (Wildman–Crippen MR) is 159 cm³/mol. The highest BCUT2D eigenvalue weighted by Gasteiger charge is 2.25. The van der Waals surface area contributed by atoms with Gasteiger partial charge in [0.15, 0.2) is 0 Å². The van der Waals surface area contributed by atoms with Crippen molar-refractivity contribution in [3.63, 3.8) is 0 Å². The molecule has 3 heterocycles. The molecule has 3 heteroatoms. The fourth-order valence-corrected chi connectivity index (χ4v) is 6.81. The minimum Gasteiger partial charge on any atom is -0.336 e. The third kappa shape index (κ3) is 3.18. The average molecular weight is 492 g/mol. The molecule has 3 aromatic heterocycles. The zero-order valence-electron chi connectivity index (χ0n) is 21.3. The number of nitrogens with zero attached hydrogens (tertiary/aromatic N) is 3. The van der Waals surface area contributed by atoms with E-state index in [4.69, 9.17) is 4.98 Å². The second-order valence-electron chi connectivity index (χ2n) is 10.6. The number of rotatable bonds is 3. The number of pyridine rings is 1. The van der Waals surface area contributed by atoms with Gasteiger partial charge in [0.2, 0.25) is 0 Å². The van der Waals surface area contributed by atoms with E-state index in [-0.39, 0.29) is 0 Å². The van der Waals surface area contributed by atoms with E-state index < -0.39 is 0 Å². The van der Waals surface area contributed by atoms with Gasteiger partial charge in [-0.15, -0.1) is 0 Å². The van der Waals surface area contributed by atoms with E-state index in [1.807, 2.05) is 0 Å². The summed E-state index contributed by atoms with van der Waals surface area (Å²) < 4.78 is 5.10. The van der Waals surface area contributed by atoms with Crippen molar-refractivity contribution in [1.29, 1.82) is 0 Å². The molecule has 4 aromatic carbocycles. The lowest BCUT2D eigenvalue weighted by Crippen LogP contribution is -2.13. The Hall–Kier alpha value is -4.37. The molecule has 184 valence electrons. The van der Waals surface area contributed by atoms with Crippen molar-refractivity contribution < 1.29 is 0 Å². The van der Waals surface area contributed by atoms with Crippen LogP contribution < -0.4 is 0 Å². The molecule has 0 radical (unpaired) electrons. The van der Waals surface area contributed by atoms with Gasteiger partial charge in [0.1, 0.15) is 5.82 Å². The second kappa shape index (κ2) is 8.59. The number of aromatic nitrogens is 3. The fraction of sp³-hybridized carbons (Fsp3) is 0.171. The molecule has 8 rings (SSSR count). The van der Waals surface area contributed by atoms with Crippen molar-refractivity contribution in [3.05, 3.63) is 109 Å². The summed E-state index contributed by atoms with van der Waals surface area (Å²) in [6.45, 7) is 0. The van der Waals surface area contributed by atoms with Crippen LogP contribution in [0.2, 0.25) is 0 Å². The summed E-state index contributed by atoms with van der Waals surface area (Å²) >= 11 is 0. The van der Waals surface area contributed by atoms with Crippen LogP contribution in [0.15, 0.2) is 109 Å². The molecule has 0 N–H and O–H groups in total. The van der Waals surface area contributed by atoms with Crippen molar-refractivity contribution in [2.24, 2.45) is 0 Å². The molecule has 0 amide bonds. The van der Waals surface area contributed by atoms with Crippen LogP contribution in [-0.4, -0.2) is 14.1 Å². The Balaban J connectivity index is 1.53. The van der Waals surface area contributed by atoms with Crippen LogP contribution in [0.4, 0.5) is 0 Å². The molecule has 0 spiro atoms. The Kier molecular flexibility index (Phi) is 4.91. The van der Waals surface area contributed by atoms with E-state index in [1.165, 1.54) is 75.7 Å². The highest BCUT2D eigenvalue weighted by Crippen LogP contribution is 2.43. The molecule has 1 aliphatic carbocycles. The molecule has 0 aliphatic heterocycles. The number of hydrogen-bond acceptors (Lipinski definition) is 1. The molecule has 0 saturated heterocycles. The molecule has 1 saturated carbocycles. The van der Waals surface area contributed by atoms with E-state index >= 15 is 0 Å². The first-order valence-corrected chi connectivity index (χ1v) is 13.9. The molecule has 0 bridgehead atoms. The van der Waals surface area contributed by atoms with E-state index in [0.29, 0.717) is 6.04 Å². The van der Waals surface area contributed by atoms with E-state index in [9.17, 15) is 0 Å². The quantitative estimate of drug-likeness (QED) is 0.241. The van der Waals surface area contributed by atoms with Crippen LogP contribution in [0.1, 0.15) is 38.1 Å². The van der Waals surface area contributed by atoms with Crippen molar-refractivity contribution in [2.45, 2.75) is 38.1 Å². The van der Waals surface area contributed by atoms with Gasteiger partial charge in [0.05, 0.1) is 22.2 Å². The third-order valence-corrected chi connectivity index (χ3v) is 8.48. The molecule has 1 aliphatic rings. The van der Waals surface area contributed by atoms with Crippen molar-refractivity contribution >= 4 is 43.6 Å². The first-order chi connectivity index (χ1) is 18.9. The number of benzene rings is 4. The summed E-state index contributed by atoms with van der Waals surface area (Å²) in [7, 11) is 0. The average Bonchev–Trinajstić information content (AvgIpc) is 3.51. The van der Waals surface area contributed by atoms with Gasteiger partial charge in [-0.1, -0.05) is 104 Å². The van der Waals surface area contributed by atoms with Crippen molar-refractivity contribution in [1.82, 2.24) is 14.1 Å². The third-order valence-electron chi connectivity index (χ3n) is 8.48. The normalized spacial score (nSPS) is 14.7. The van der Waals surface area contributed by atoms with Crippen LogP contribution in [0, 0.1) is 0 Å². The number of fused-ring (bicyclic) bond motifs is 7. The molecular formula is C35H29N3. The van der Waals surface area contributed by atoms with Crippen molar-refractivity contribution in [3.8, 4) is 17.1 Å². The van der Waals surface area contributed by atoms with Gasteiger partial charge in [0.25, 0.3) is 0 Å². The molecule has 3 nitrogen and oxygen atoms in total. The van der Waals surface area contributed by atoms with Gasteiger partial charge < -0.3 is 4.57 Å². The van der Waals surface area contributed by atoms with Crippen LogP contribution in [0.5, 0.6) is 0 Å². The zero-order valence-corrected chi connectivity index (χ0v) is 21.3. The Morgan fingerprint density at radius 3 is 1.97 bits per heavy atom. The minimum atomic E-state index is 0.520. The maximum absolute atomic E-state index is 5.24. The van der Waals surface area contributed by atoms with Crippen LogP contribution >= 0.6 is 0 Å².